The summed E-state index contributed by atoms with van der Waals surface area (Å²) in [6.45, 7) is 4.88. The molecule has 7 nitrogen and oxygen atoms in total. The van der Waals surface area contributed by atoms with Crippen molar-refractivity contribution in [2.45, 2.75) is 30.6 Å². The number of fused-ring (bicyclic) bond motifs is 1. The largest absolute Gasteiger partial charge is 0.492 e. The van der Waals surface area contributed by atoms with Crippen molar-refractivity contribution in [3.8, 4) is 0 Å². The number of benzene rings is 3. The Hall–Kier alpha value is -3.24. The number of hydrogen-bond acceptors (Lipinski definition) is 5. The first kappa shape index (κ1) is 29.3. The van der Waals surface area contributed by atoms with E-state index in [0.29, 0.717) is 18.5 Å². The van der Waals surface area contributed by atoms with Gasteiger partial charge in [-0.3, -0.25) is 0 Å². The number of nitrogens with zero attached hydrogens (tertiary/aromatic N) is 4. The maximum absolute atomic E-state index is 13.0. The third-order valence-corrected chi connectivity index (χ3v) is 8.50. The first-order valence-electron chi connectivity index (χ1n) is 12.1. The number of likely N-dealkylation sites (N-methyl/N-ethyl adjacent to an activating group) is 1. The quantitative estimate of drug-likeness (QED) is 0.229. The Morgan fingerprint density at radius 2 is 1.66 bits per heavy atom. The molecule has 1 N–H and O–H groups in total. The van der Waals surface area contributed by atoms with Crippen molar-refractivity contribution in [2.75, 3.05) is 25.5 Å². The van der Waals surface area contributed by atoms with Gasteiger partial charge in [-0.2, -0.15) is 5.10 Å². The summed E-state index contributed by atoms with van der Waals surface area (Å²) in [6.07, 6.45) is 4.14. The van der Waals surface area contributed by atoms with E-state index >= 15 is 0 Å². The van der Waals surface area contributed by atoms with Crippen LogP contribution in [0.15, 0.2) is 106 Å². The summed E-state index contributed by atoms with van der Waals surface area (Å²) >= 11 is 0. The zero-order valence-corrected chi connectivity index (χ0v) is 23.7. The van der Waals surface area contributed by atoms with Crippen molar-refractivity contribution < 1.29 is 30.3 Å². The van der Waals surface area contributed by atoms with Crippen LogP contribution in [0.1, 0.15) is 30.5 Å². The first-order valence-corrected chi connectivity index (χ1v) is 13.6. The molecule has 0 bridgehead atoms. The average Bonchev–Trinajstić information content (AvgIpc) is 3.13. The molecule has 0 saturated heterocycles. The zero-order valence-electron chi connectivity index (χ0n) is 21.9. The molecule has 9 heteroatoms. The van der Waals surface area contributed by atoms with Crippen molar-refractivity contribution >= 4 is 27.8 Å². The molecular weight excluding hydrogens is 543 g/mol. The Balaban J connectivity index is 0.00000400. The predicted octanol–water partition coefficient (Wildman–Crippen LogP) is 5.15. The topological polar surface area (TPSA) is 85.6 Å². The standard InChI is InChI=1S/C29H32N4O3S.Co/c1-5-33-26-17-16-24(37(35,36)32(3)4)20-25(26)29(2,21-22-12-8-6-9-13-22)27(33)18-19-30-31-28(34)23-14-10-7-11-15-23;/h6-20H,5,21H2,1-4H3,(H,31,34);/b27-18-,30-19+;. The summed E-state index contributed by atoms with van der Waals surface area (Å²) in [6, 6.07) is 24.5. The molecule has 0 aliphatic carbocycles. The van der Waals surface area contributed by atoms with E-state index in [1.807, 2.05) is 48.5 Å². The number of rotatable bonds is 8. The van der Waals surface area contributed by atoms with E-state index in [-0.39, 0.29) is 27.6 Å². The maximum atomic E-state index is 13.0. The van der Waals surface area contributed by atoms with E-state index < -0.39 is 15.4 Å². The summed E-state index contributed by atoms with van der Waals surface area (Å²) in [5, 5.41) is 18.3. The third kappa shape index (κ3) is 5.76. The van der Waals surface area contributed by atoms with Crippen LogP contribution in [0.25, 0.3) is 0 Å². The Bertz CT molecular complexity index is 1460. The normalized spacial score (nSPS) is 18.7. The monoisotopic (exact) mass is 575 g/mol. The van der Waals surface area contributed by atoms with Gasteiger partial charge in [0, 0.05) is 59.8 Å². The summed E-state index contributed by atoms with van der Waals surface area (Å²) in [7, 11) is -0.519. The molecule has 0 amide bonds. The second-order valence-corrected chi connectivity index (χ2v) is 11.5. The van der Waals surface area contributed by atoms with Gasteiger partial charge in [-0.1, -0.05) is 48.5 Å². The zero-order chi connectivity index (χ0) is 26.6. The van der Waals surface area contributed by atoms with Crippen LogP contribution in [0.2, 0.25) is 0 Å². The minimum atomic E-state index is -3.60. The molecule has 1 unspecified atom stereocenters. The Morgan fingerprint density at radius 3 is 2.26 bits per heavy atom. The van der Waals surface area contributed by atoms with Gasteiger partial charge in [0.1, 0.15) is 0 Å². The molecule has 1 atom stereocenters. The fraction of sp³-hybridized carbons (Fsp3) is 0.241. The second kappa shape index (κ2) is 12.1. The molecule has 38 heavy (non-hydrogen) atoms. The van der Waals surface area contributed by atoms with Gasteiger partial charge in [-0.25, -0.2) is 12.7 Å². The fourth-order valence-electron chi connectivity index (χ4n) is 4.77. The van der Waals surface area contributed by atoms with Crippen LogP contribution < -0.4 is 4.90 Å². The van der Waals surface area contributed by atoms with Crippen LogP contribution in [-0.4, -0.2) is 50.6 Å². The molecule has 1 heterocycles. The smallest absolute Gasteiger partial charge is 0.242 e. The number of anilines is 1. The predicted molar refractivity (Wildman–Crippen MR) is 150 cm³/mol. The van der Waals surface area contributed by atoms with Gasteiger partial charge in [-0.15, -0.1) is 5.10 Å². The summed E-state index contributed by atoms with van der Waals surface area (Å²) in [4.78, 5) is 2.44. The summed E-state index contributed by atoms with van der Waals surface area (Å²) < 4.78 is 27.2. The molecule has 201 valence electrons. The van der Waals surface area contributed by atoms with E-state index in [0.717, 1.165) is 22.5 Å². The number of aliphatic hydroxyl groups is 1. The number of aliphatic hydroxyl groups excluding tert-OH is 1. The van der Waals surface area contributed by atoms with Crippen molar-refractivity contribution in [1.82, 2.24) is 4.31 Å². The molecule has 0 aromatic heterocycles. The van der Waals surface area contributed by atoms with E-state index in [2.05, 4.69) is 41.1 Å². The van der Waals surface area contributed by atoms with Gasteiger partial charge in [0.2, 0.25) is 15.9 Å². The number of sulfonamides is 1. The van der Waals surface area contributed by atoms with E-state index in [9.17, 15) is 13.5 Å². The second-order valence-electron chi connectivity index (χ2n) is 9.31. The average molecular weight is 576 g/mol. The first-order chi connectivity index (χ1) is 17.7. The minimum absolute atomic E-state index is 0. The fourth-order valence-corrected chi connectivity index (χ4v) is 5.70. The van der Waals surface area contributed by atoms with Crippen LogP contribution in [0.5, 0.6) is 0 Å². The van der Waals surface area contributed by atoms with Gasteiger partial charge < -0.3 is 10.0 Å². The minimum Gasteiger partial charge on any atom is -0.492 e. The molecule has 1 aliphatic rings. The van der Waals surface area contributed by atoms with E-state index in [1.165, 1.54) is 18.4 Å². The Morgan fingerprint density at radius 1 is 1.03 bits per heavy atom. The molecule has 0 saturated carbocycles. The number of allylic oxidation sites excluding steroid dienone is 2. The molecule has 0 spiro atoms. The van der Waals surface area contributed by atoms with Crippen molar-refractivity contribution in [2.24, 2.45) is 10.2 Å². The van der Waals surface area contributed by atoms with E-state index in [1.54, 1.807) is 30.5 Å². The molecular formula is C29H32CoN4O3S. The van der Waals surface area contributed by atoms with Crippen LogP contribution in [-0.2, 0) is 38.6 Å². The summed E-state index contributed by atoms with van der Waals surface area (Å²) in [5.41, 5.74) is 4.08. The van der Waals surface area contributed by atoms with E-state index in [4.69, 9.17) is 0 Å². The number of hydrogen-bond donors (Lipinski definition) is 1. The molecule has 1 aliphatic heterocycles. The Kier molecular flexibility index (Phi) is 9.32. The molecule has 0 fully saturated rings. The van der Waals surface area contributed by atoms with Crippen LogP contribution in [0, 0.1) is 0 Å². The van der Waals surface area contributed by atoms with Crippen molar-refractivity contribution in [3.05, 3.63) is 107 Å². The molecule has 3 aromatic carbocycles. The van der Waals surface area contributed by atoms with Crippen molar-refractivity contribution in [3.63, 3.8) is 0 Å². The van der Waals surface area contributed by atoms with Crippen LogP contribution >= 0.6 is 0 Å². The maximum Gasteiger partial charge on any atom is 0.242 e. The van der Waals surface area contributed by atoms with Gasteiger partial charge >= 0.3 is 0 Å². The summed E-state index contributed by atoms with van der Waals surface area (Å²) in [5.74, 6) is -0.164. The molecule has 3 aromatic rings. The van der Waals surface area contributed by atoms with Gasteiger partial charge in [0.25, 0.3) is 0 Å². The van der Waals surface area contributed by atoms with Gasteiger partial charge in [0.05, 0.1) is 11.1 Å². The van der Waals surface area contributed by atoms with Crippen LogP contribution in [0.4, 0.5) is 5.69 Å². The van der Waals surface area contributed by atoms with Gasteiger partial charge in [0.15, 0.2) is 0 Å². The van der Waals surface area contributed by atoms with Crippen LogP contribution in [0.3, 0.4) is 0 Å². The van der Waals surface area contributed by atoms with Gasteiger partial charge in [-0.05, 0) is 67.8 Å². The molecule has 4 rings (SSSR count). The Labute approximate surface area is 235 Å². The SMILES string of the molecule is CCN1\C(=C/C=N/N=C(\O)c2ccccc2)C(C)(Cc2ccccc2)c2cc(S(=O)(=O)N(C)C)ccc21.[Co]. The van der Waals surface area contributed by atoms with Crippen molar-refractivity contribution in [1.29, 1.82) is 0 Å². The molecule has 1 radical (unpaired) electrons. The third-order valence-electron chi connectivity index (χ3n) is 6.69.